The number of nitrogens with zero attached hydrogens (tertiary/aromatic N) is 1. The van der Waals surface area contributed by atoms with E-state index in [0.29, 0.717) is 17.9 Å². The molecule has 0 radical (unpaired) electrons. The minimum atomic E-state index is -0.188. The fraction of sp³-hybridized carbons (Fsp3) is 0.154. The molecule has 92 valence electrons. The van der Waals surface area contributed by atoms with E-state index < -0.39 is 0 Å². The molecule has 1 aromatic heterocycles. The topological polar surface area (TPSA) is 55.3 Å². The van der Waals surface area contributed by atoms with Crippen LogP contribution < -0.4 is 15.5 Å². The number of nitrogens with one attached hydrogen (secondary N) is 2. The molecule has 0 fully saturated rings. The first-order valence-electron chi connectivity index (χ1n) is 5.78. The van der Waals surface area contributed by atoms with Crippen LogP contribution in [0.4, 0.5) is 5.69 Å². The second-order valence-corrected chi connectivity index (χ2v) is 3.99. The molecule has 0 saturated carbocycles. The van der Waals surface area contributed by atoms with Gasteiger partial charge in [-0.05, 0) is 24.3 Å². The average Bonchev–Trinajstić information content (AvgIpc) is 2.91. The average molecular weight is 243 g/mol. The number of anilines is 1. The molecular weight excluding hydrogens is 230 g/mol. The smallest absolute Gasteiger partial charge is 0.273 e. The SMILES string of the molecule is O=C(Nn1cccc1)c1cccc2c1OCCN2. The number of para-hydroxylation sites is 1. The van der Waals surface area contributed by atoms with Crippen molar-refractivity contribution in [3.63, 3.8) is 0 Å². The lowest BCUT2D eigenvalue weighted by molar-refractivity contribution is 0.100. The third-order valence-electron chi connectivity index (χ3n) is 2.76. The van der Waals surface area contributed by atoms with Gasteiger partial charge in [-0.3, -0.25) is 14.9 Å². The molecule has 5 nitrogen and oxygen atoms in total. The number of carbonyl (C=O) groups excluding carboxylic acids is 1. The number of hydrogen-bond donors (Lipinski definition) is 2. The lowest BCUT2D eigenvalue weighted by atomic mass is 10.1. The number of aromatic nitrogens is 1. The number of hydrogen-bond acceptors (Lipinski definition) is 3. The Morgan fingerprint density at radius 3 is 2.94 bits per heavy atom. The third kappa shape index (κ3) is 1.90. The van der Waals surface area contributed by atoms with E-state index in [-0.39, 0.29) is 5.91 Å². The molecule has 1 amide bonds. The minimum absolute atomic E-state index is 0.188. The minimum Gasteiger partial charge on any atom is -0.489 e. The first-order valence-corrected chi connectivity index (χ1v) is 5.78. The number of benzene rings is 1. The van der Waals surface area contributed by atoms with Crippen LogP contribution >= 0.6 is 0 Å². The highest BCUT2D eigenvalue weighted by Gasteiger charge is 2.18. The molecule has 5 heteroatoms. The summed E-state index contributed by atoms with van der Waals surface area (Å²) in [5, 5.41) is 3.20. The molecule has 0 atom stereocenters. The van der Waals surface area contributed by atoms with Gasteiger partial charge in [-0.15, -0.1) is 0 Å². The Kier molecular flexibility index (Phi) is 2.64. The Morgan fingerprint density at radius 2 is 2.11 bits per heavy atom. The summed E-state index contributed by atoms with van der Waals surface area (Å²) in [5.41, 5.74) is 4.16. The van der Waals surface area contributed by atoms with E-state index in [0.717, 1.165) is 12.2 Å². The van der Waals surface area contributed by atoms with Gasteiger partial charge in [0, 0.05) is 18.9 Å². The fourth-order valence-electron chi connectivity index (χ4n) is 1.94. The Hall–Kier alpha value is -2.43. The van der Waals surface area contributed by atoms with Crippen molar-refractivity contribution in [1.29, 1.82) is 0 Å². The van der Waals surface area contributed by atoms with Crippen LogP contribution in [0.1, 0.15) is 10.4 Å². The molecular formula is C13H13N3O2. The Balaban J connectivity index is 1.89. The van der Waals surface area contributed by atoms with Crippen LogP contribution in [0.5, 0.6) is 5.75 Å². The molecule has 3 rings (SSSR count). The quantitative estimate of drug-likeness (QED) is 0.843. The van der Waals surface area contributed by atoms with Crippen molar-refractivity contribution >= 4 is 11.6 Å². The molecule has 2 N–H and O–H groups in total. The van der Waals surface area contributed by atoms with Crippen LogP contribution in [0.3, 0.4) is 0 Å². The third-order valence-corrected chi connectivity index (χ3v) is 2.76. The Morgan fingerprint density at radius 1 is 1.28 bits per heavy atom. The van der Waals surface area contributed by atoms with Crippen molar-refractivity contribution in [2.24, 2.45) is 0 Å². The molecule has 0 spiro atoms. The number of amides is 1. The molecule has 18 heavy (non-hydrogen) atoms. The van der Waals surface area contributed by atoms with Gasteiger partial charge in [-0.1, -0.05) is 6.07 Å². The number of carbonyl (C=O) groups is 1. The highest BCUT2D eigenvalue weighted by atomic mass is 16.5. The van der Waals surface area contributed by atoms with E-state index in [1.165, 1.54) is 0 Å². The van der Waals surface area contributed by atoms with E-state index >= 15 is 0 Å². The van der Waals surface area contributed by atoms with Crippen molar-refractivity contribution in [2.75, 3.05) is 23.9 Å². The van der Waals surface area contributed by atoms with Gasteiger partial charge in [-0.2, -0.15) is 0 Å². The van der Waals surface area contributed by atoms with Crippen LogP contribution in [0.25, 0.3) is 0 Å². The second kappa shape index (κ2) is 4.44. The standard InChI is InChI=1S/C13H13N3O2/c17-13(15-16-7-1-2-8-16)10-4-3-5-11-12(10)18-9-6-14-11/h1-5,7-8,14H,6,9H2,(H,15,17). The number of fused-ring (bicyclic) bond motifs is 1. The lowest BCUT2D eigenvalue weighted by Gasteiger charge is -2.21. The first-order chi connectivity index (χ1) is 8.84. The van der Waals surface area contributed by atoms with Gasteiger partial charge < -0.3 is 10.1 Å². The highest BCUT2D eigenvalue weighted by Crippen LogP contribution is 2.31. The first kappa shape index (κ1) is 10.7. The van der Waals surface area contributed by atoms with Crippen LogP contribution in [-0.4, -0.2) is 23.7 Å². The zero-order valence-electron chi connectivity index (χ0n) is 9.72. The maximum Gasteiger partial charge on any atom is 0.273 e. The Labute approximate surface area is 104 Å². The molecule has 1 aliphatic heterocycles. The van der Waals surface area contributed by atoms with Crippen molar-refractivity contribution in [3.05, 3.63) is 48.3 Å². The van der Waals surface area contributed by atoms with Gasteiger partial charge in [0.15, 0.2) is 5.75 Å². The molecule has 0 unspecified atom stereocenters. The van der Waals surface area contributed by atoms with Gasteiger partial charge in [0.25, 0.3) is 5.91 Å². The normalized spacial score (nSPS) is 13.1. The summed E-state index contributed by atoms with van der Waals surface area (Å²) in [4.78, 5) is 12.1. The Bertz CT molecular complexity index is 564. The van der Waals surface area contributed by atoms with E-state index in [4.69, 9.17) is 4.74 Å². The molecule has 0 saturated heterocycles. The van der Waals surface area contributed by atoms with Gasteiger partial charge in [0.2, 0.25) is 0 Å². The van der Waals surface area contributed by atoms with Gasteiger partial charge in [-0.25, -0.2) is 0 Å². The molecule has 2 aromatic rings. The summed E-state index contributed by atoms with van der Waals surface area (Å²) < 4.78 is 7.17. The van der Waals surface area contributed by atoms with E-state index in [2.05, 4.69) is 10.7 Å². The van der Waals surface area contributed by atoms with E-state index in [1.54, 1.807) is 23.1 Å². The maximum absolute atomic E-state index is 12.1. The fourth-order valence-corrected chi connectivity index (χ4v) is 1.94. The van der Waals surface area contributed by atoms with E-state index in [9.17, 15) is 4.79 Å². The van der Waals surface area contributed by atoms with Crippen LogP contribution in [-0.2, 0) is 0 Å². The zero-order valence-corrected chi connectivity index (χ0v) is 9.72. The predicted molar refractivity (Wildman–Crippen MR) is 68.5 cm³/mol. The molecule has 0 bridgehead atoms. The highest BCUT2D eigenvalue weighted by molar-refractivity contribution is 6.03. The number of rotatable bonds is 2. The molecule has 1 aliphatic rings. The summed E-state index contributed by atoms with van der Waals surface area (Å²) in [5.74, 6) is 0.431. The summed E-state index contributed by atoms with van der Waals surface area (Å²) in [7, 11) is 0. The van der Waals surface area contributed by atoms with Gasteiger partial charge in [0.1, 0.15) is 6.61 Å². The summed E-state index contributed by atoms with van der Waals surface area (Å²) in [6.45, 7) is 1.33. The van der Waals surface area contributed by atoms with Gasteiger partial charge in [0.05, 0.1) is 11.3 Å². The second-order valence-electron chi connectivity index (χ2n) is 3.99. The van der Waals surface area contributed by atoms with Crippen molar-refractivity contribution in [3.8, 4) is 5.75 Å². The predicted octanol–water partition coefficient (Wildman–Crippen LogP) is 1.68. The maximum atomic E-state index is 12.1. The summed E-state index contributed by atoms with van der Waals surface area (Å²) in [6, 6.07) is 9.19. The number of ether oxygens (including phenoxy) is 1. The lowest BCUT2D eigenvalue weighted by Crippen LogP contribution is -2.25. The molecule has 1 aromatic carbocycles. The largest absolute Gasteiger partial charge is 0.489 e. The zero-order chi connectivity index (χ0) is 12.4. The van der Waals surface area contributed by atoms with Crippen LogP contribution in [0.2, 0.25) is 0 Å². The van der Waals surface area contributed by atoms with Crippen molar-refractivity contribution < 1.29 is 9.53 Å². The van der Waals surface area contributed by atoms with Crippen molar-refractivity contribution in [2.45, 2.75) is 0 Å². The molecule has 2 heterocycles. The van der Waals surface area contributed by atoms with Crippen molar-refractivity contribution in [1.82, 2.24) is 4.68 Å². The summed E-state index contributed by atoms with van der Waals surface area (Å²) in [6.07, 6.45) is 3.54. The van der Waals surface area contributed by atoms with Crippen LogP contribution in [0, 0.1) is 0 Å². The van der Waals surface area contributed by atoms with Gasteiger partial charge >= 0.3 is 0 Å². The monoisotopic (exact) mass is 243 g/mol. The van der Waals surface area contributed by atoms with Crippen LogP contribution in [0.15, 0.2) is 42.7 Å². The summed E-state index contributed by atoms with van der Waals surface area (Å²) >= 11 is 0. The molecule has 0 aliphatic carbocycles. The van der Waals surface area contributed by atoms with E-state index in [1.807, 2.05) is 24.3 Å².